The number of hydrogen-bond acceptors (Lipinski definition) is 5. The smallest absolute Gasteiger partial charge is 0.335 e. The molecule has 1 aliphatic rings. The Balaban J connectivity index is 1.64. The minimum Gasteiger partial charge on any atom is -0.486 e. The zero-order valence-corrected chi connectivity index (χ0v) is 17.0. The molecule has 2 N–H and O–H groups in total. The van der Waals surface area contributed by atoms with E-state index in [-0.39, 0.29) is 22.8 Å². The number of nitrogens with one attached hydrogen (secondary N) is 1. The molecule has 156 valence electrons. The number of sulfonamides is 1. The van der Waals surface area contributed by atoms with Crippen LogP contribution in [0.5, 0.6) is 11.5 Å². The second kappa shape index (κ2) is 8.42. The number of benzene rings is 3. The Hall–Kier alpha value is -3.96. The second-order valence-electron chi connectivity index (χ2n) is 6.56. The summed E-state index contributed by atoms with van der Waals surface area (Å²) in [4.78, 5) is 10.9. The molecular formula is C23H17NO6S. The molecule has 0 aliphatic carbocycles. The Morgan fingerprint density at radius 2 is 1.65 bits per heavy atom. The van der Waals surface area contributed by atoms with Crippen molar-refractivity contribution in [3.05, 3.63) is 83.4 Å². The average Bonchev–Trinajstić information content (AvgIpc) is 2.78. The molecule has 3 aromatic rings. The predicted octanol–water partition coefficient (Wildman–Crippen LogP) is 3.36. The van der Waals surface area contributed by atoms with Crippen LogP contribution in [0.2, 0.25) is 0 Å². The summed E-state index contributed by atoms with van der Waals surface area (Å²) in [5, 5.41) is 8.98. The maximum atomic E-state index is 13.1. The first-order valence-corrected chi connectivity index (χ1v) is 10.8. The van der Waals surface area contributed by atoms with E-state index in [4.69, 9.17) is 14.6 Å². The van der Waals surface area contributed by atoms with Crippen LogP contribution in [0.3, 0.4) is 0 Å². The molecule has 4 rings (SSSR count). The number of carbonyl (C=O) groups is 1. The summed E-state index contributed by atoms with van der Waals surface area (Å²) in [6.07, 6.45) is 0. The van der Waals surface area contributed by atoms with Crippen molar-refractivity contribution in [3.63, 3.8) is 0 Å². The minimum atomic E-state index is -3.96. The van der Waals surface area contributed by atoms with Crippen LogP contribution < -0.4 is 14.2 Å². The second-order valence-corrected chi connectivity index (χ2v) is 8.21. The van der Waals surface area contributed by atoms with Gasteiger partial charge in [-0.25, -0.2) is 13.2 Å². The van der Waals surface area contributed by atoms with E-state index in [9.17, 15) is 13.2 Å². The highest BCUT2D eigenvalue weighted by Crippen LogP contribution is 2.37. The first kappa shape index (κ1) is 20.3. The Bertz CT molecular complexity index is 1300. The molecule has 0 amide bonds. The van der Waals surface area contributed by atoms with Gasteiger partial charge in [0, 0.05) is 11.1 Å². The molecule has 7 nitrogen and oxygen atoms in total. The van der Waals surface area contributed by atoms with Crippen molar-refractivity contribution < 1.29 is 27.8 Å². The summed E-state index contributed by atoms with van der Waals surface area (Å²) in [5.74, 6) is 5.40. The number of carboxylic acid groups (broad SMARTS) is 1. The molecule has 0 unspecified atom stereocenters. The van der Waals surface area contributed by atoms with Gasteiger partial charge in [-0.3, -0.25) is 4.72 Å². The van der Waals surface area contributed by atoms with E-state index in [1.54, 1.807) is 48.5 Å². The molecule has 0 aromatic heterocycles. The topological polar surface area (TPSA) is 102 Å². The third-order valence-corrected chi connectivity index (χ3v) is 5.85. The van der Waals surface area contributed by atoms with Gasteiger partial charge in [-0.05, 0) is 48.5 Å². The van der Waals surface area contributed by atoms with Gasteiger partial charge in [0.2, 0.25) is 0 Å². The molecule has 1 heterocycles. The zero-order valence-electron chi connectivity index (χ0n) is 16.2. The molecule has 0 atom stereocenters. The number of para-hydroxylation sites is 2. The van der Waals surface area contributed by atoms with Gasteiger partial charge in [-0.15, -0.1) is 0 Å². The molecule has 0 bridgehead atoms. The Kier molecular flexibility index (Phi) is 5.52. The molecule has 1 aliphatic heterocycles. The number of hydrogen-bond donors (Lipinski definition) is 2. The lowest BCUT2D eigenvalue weighted by Gasteiger charge is -2.21. The summed E-state index contributed by atoms with van der Waals surface area (Å²) in [5.41, 5.74) is 1.54. The van der Waals surface area contributed by atoms with E-state index in [2.05, 4.69) is 16.6 Å². The van der Waals surface area contributed by atoms with E-state index in [1.165, 1.54) is 18.2 Å². The summed E-state index contributed by atoms with van der Waals surface area (Å²) in [6, 6.07) is 17.6. The molecule has 0 saturated heterocycles. The maximum absolute atomic E-state index is 13.1. The monoisotopic (exact) mass is 435 g/mol. The van der Waals surface area contributed by atoms with Crippen LogP contribution in [0.15, 0.2) is 71.6 Å². The summed E-state index contributed by atoms with van der Waals surface area (Å²) >= 11 is 0. The van der Waals surface area contributed by atoms with E-state index >= 15 is 0 Å². The van der Waals surface area contributed by atoms with Gasteiger partial charge in [0.1, 0.15) is 18.1 Å². The lowest BCUT2D eigenvalue weighted by molar-refractivity contribution is 0.0697. The van der Waals surface area contributed by atoms with Crippen molar-refractivity contribution >= 4 is 21.7 Å². The first-order chi connectivity index (χ1) is 14.9. The Morgan fingerprint density at radius 1 is 0.903 bits per heavy atom. The van der Waals surface area contributed by atoms with Crippen LogP contribution in [-0.4, -0.2) is 32.7 Å². The van der Waals surface area contributed by atoms with Crippen LogP contribution >= 0.6 is 0 Å². The number of ether oxygens (including phenoxy) is 2. The highest BCUT2D eigenvalue weighted by atomic mass is 32.2. The van der Waals surface area contributed by atoms with Gasteiger partial charge in [-0.1, -0.05) is 30.0 Å². The third-order valence-electron chi connectivity index (χ3n) is 4.46. The fourth-order valence-corrected chi connectivity index (χ4v) is 4.21. The molecule has 0 radical (unpaired) electrons. The highest BCUT2D eigenvalue weighted by Gasteiger charge is 2.25. The number of aromatic carboxylic acids is 1. The highest BCUT2D eigenvalue weighted by molar-refractivity contribution is 7.92. The van der Waals surface area contributed by atoms with Gasteiger partial charge in [0.25, 0.3) is 10.0 Å². The van der Waals surface area contributed by atoms with Crippen LogP contribution in [0.25, 0.3) is 0 Å². The fourth-order valence-electron chi connectivity index (χ4n) is 2.98. The standard InChI is InChI=1S/C23H17NO6S/c25-23(26)18-12-9-16(10-13-18)8-11-17-4-1-2-5-19(17)24-31(27,28)21-7-3-6-20-22(21)30-15-14-29-20/h1-7,9-10,12-13,24H,14-15H2,(H,25,26). The summed E-state index contributed by atoms with van der Waals surface area (Å²) in [6.45, 7) is 0.623. The first-order valence-electron chi connectivity index (χ1n) is 9.30. The van der Waals surface area contributed by atoms with Crippen molar-refractivity contribution in [1.82, 2.24) is 0 Å². The zero-order chi connectivity index (χ0) is 21.8. The Labute approximate surface area is 179 Å². The van der Waals surface area contributed by atoms with Crippen LogP contribution in [0.4, 0.5) is 5.69 Å². The Morgan fingerprint density at radius 3 is 2.42 bits per heavy atom. The minimum absolute atomic E-state index is 0.0169. The van der Waals surface area contributed by atoms with Gasteiger partial charge in [-0.2, -0.15) is 0 Å². The van der Waals surface area contributed by atoms with Crippen LogP contribution in [0.1, 0.15) is 21.5 Å². The SMILES string of the molecule is O=C(O)c1ccc(C#Cc2ccccc2NS(=O)(=O)c2cccc3c2OCCO3)cc1. The van der Waals surface area contributed by atoms with Crippen LogP contribution in [0, 0.1) is 11.8 Å². The van der Waals surface area contributed by atoms with Gasteiger partial charge in [0.05, 0.1) is 11.3 Å². The molecular weight excluding hydrogens is 418 g/mol. The molecule has 8 heteroatoms. The van der Waals surface area contributed by atoms with Crippen molar-refractivity contribution in [3.8, 4) is 23.3 Å². The lowest BCUT2D eigenvalue weighted by Crippen LogP contribution is -2.20. The normalized spacial score (nSPS) is 12.4. The number of rotatable bonds is 4. The molecule has 3 aromatic carbocycles. The molecule has 0 fully saturated rings. The van der Waals surface area contributed by atoms with Crippen molar-refractivity contribution in [2.24, 2.45) is 0 Å². The quantitative estimate of drug-likeness (QED) is 0.610. The van der Waals surface area contributed by atoms with Gasteiger partial charge >= 0.3 is 5.97 Å². The lowest BCUT2D eigenvalue weighted by atomic mass is 10.1. The molecule has 0 saturated carbocycles. The maximum Gasteiger partial charge on any atom is 0.335 e. The van der Waals surface area contributed by atoms with Crippen molar-refractivity contribution in [2.45, 2.75) is 4.90 Å². The average molecular weight is 435 g/mol. The largest absolute Gasteiger partial charge is 0.486 e. The van der Waals surface area contributed by atoms with E-state index in [0.717, 1.165) is 0 Å². The molecule has 31 heavy (non-hydrogen) atoms. The number of fused-ring (bicyclic) bond motifs is 1. The fraction of sp³-hybridized carbons (Fsp3) is 0.0870. The van der Waals surface area contributed by atoms with Gasteiger partial charge < -0.3 is 14.6 Å². The summed E-state index contributed by atoms with van der Waals surface area (Å²) < 4.78 is 39.7. The summed E-state index contributed by atoms with van der Waals surface area (Å²) in [7, 11) is -3.96. The number of anilines is 1. The van der Waals surface area contributed by atoms with Gasteiger partial charge in [0.15, 0.2) is 11.5 Å². The molecule has 0 spiro atoms. The van der Waals surface area contributed by atoms with E-state index < -0.39 is 16.0 Å². The van der Waals surface area contributed by atoms with Crippen molar-refractivity contribution in [2.75, 3.05) is 17.9 Å². The predicted molar refractivity (Wildman–Crippen MR) is 114 cm³/mol. The van der Waals surface area contributed by atoms with Crippen LogP contribution in [-0.2, 0) is 10.0 Å². The van der Waals surface area contributed by atoms with Crippen molar-refractivity contribution in [1.29, 1.82) is 0 Å². The van der Waals surface area contributed by atoms with E-state index in [0.29, 0.717) is 29.2 Å². The van der Waals surface area contributed by atoms with E-state index in [1.807, 2.05) is 0 Å². The third kappa shape index (κ3) is 4.47. The number of carboxylic acids is 1.